The topological polar surface area (TPSA) is 0 Å². The Bertz CT molecular complexity index is 786. The van der Waals surface area contributed by atoms with Gasteiger partial charge >= 0.3 is 0 Å². The summed E-state index contributed by atoms with van der Waals surface area (Å²) in [6, 6.07) is 0. The standard InChI is InChI=1S/C30H42Cl2/c1-2-4-20-24-12-16-11-17(31)7-9-19(16)26(24)14-28-23-6-3-5-22-25-13-18(32)8-10-21(25)29(30(22)23)15-27(20)28/h2,4,16-19,21-30H,1,3,5-15H2/b20-4+. The van der Waals surface area contributed by atoms with Crippen molar-refractivity contribution >= 4 is 23.2 Å². The van der Waals surface area contributed by atoms with Gasteiger partial charge in [-0.25, -0.2) is 0 Å². The average Bonchev–Trinajstić information content (AvgIpc) is 3.30. The normalized spacial score (nSPS) is 59.5. The van der Waals surface area contributed by atoms with Crippen molar-refractivity contribution in [3.8, 4) is 0 Å². The van der Waals surface area contributed by atoms with Crippen molar-refractivity contribution in [3.05, 3.63) is 24.3 Å². The van der Waals surface area contributed by atoms with E-state index in [2.05, 4.69) is 18.7 Å². The molecule has 32 heavy (non-hydrogen) atoms. The van der Waals surface area contributed by atoms with E-state index in [1.165, 1.54) is 70.6 Å². The summed E-state index contributed by atoms with van der Waals surface area (Å²) >= 11 is 13.4. The van der Waals surface area contributed by atoms with E-state index in [-0.39, 0.29) is 0 Å². The van der Waals surface area contributed by atoms with Crippen LogP contribution in [-0.4, -0.2) is 10.8 Å². The smallest absolute Gasteiger partial charge is 0.0339 e. The third kappa shape index (κ3) is 3.06. The first-order valence-electron chi connectivity index (χ1n) is 14.2. The molecule has 14 atom stereocenters. The van der Waals surface area contributed by atoms with Crippen LogP contribution in [0.1, 0.15) is 77.0 Å². The van der Waals surface area contributed by atoms with Gasteiger partial charge in [-0.2, -0.15) is 0 Å². The van der Waals surface area contributed by atoms with Crippen molar-refractivity contribution in [2.24, 2.45) is 71.0 Å². The van der Waals surface area contributed by atoms with Crippen molar-refractivity contribution in [1.82, 2.24) is 0 Å². The molecule has 0 radical (unpaired) electrons. The highest BCUT2D eigenvalue weighted by Gasteiger charge is 2.62. The van der Waals surface area contributed by atoms with Crippen LogP contribution in [0.15, 0.2) is 24.3 Å². The molecular weight excluding hydrogens is 431 g/mol. The Balaban J connectivity index is 1.24. The summed E-state index contributed by atoms with van der Waals surface area (Å²) in [6.07, 6.45) is 21.7. The molecule has 2 heteroatoms. The molecule has 7 aliphatic rings. The third-order valence-corrected chi connectivity index (χ3v) is 13.2. The molecule has 0 amide bonds. The number of fused-ring (bicyclic) bond motifs is 8. The quantitative estimate of drug-likeness (QED) is 0.335. The van der Waals surface area contributed by atoms with Crippen LogP contribution in [0, 0.1) is 71.0 Å². The lowest BCUT2D eigenvalue weighted by atomic mass is 9.49. The van der Waals surface area contributed by atoms with Crippen LogP contribution in [0.25, 0.3) is 0 Å². The van der Waals surface area contributed by atoms with E-state index in [0.29, 0.717) is 10.8 Å². The zero-order chi connectivity index (χ0) is 21.6. The Labute approximate surface area is 206 Å². The highest BCUT2D eigenvalue weighted by atomic mass is 35.5. The van der Waals surface area contributed by atoms with Crippen LogP contribution in [0.5, 0.6) is 0 Å². The monoisotopic (exact) mass is 472 g/mol. The molecule has 0 aliphatic heterocycles. The van der Waals surface area contributed by atoms with E-state index < -0.39 is 0 Å². The van der Waals surface area contributed by atoms with Gasteiger partial charge in [0.1, 0.15) is 0 Å². The number of rotatable bonds is 1. The van der Waals surface area contributed by atoms with Crippen LogP contribution in [0.3, 0.4) is 0 Å². The largest absolute Gasteiger partial charge is 0.123 e. The lowest BCUT2D eigenvalue weighted by molar-refractivity contribution is -0.0294. The number of halogens is 2. The van der Waals surface area contributed by atoms with Gasteiger partial charge in [0.15, 0.2) is 0 Å². The second kappa shape index (κ2) is 8.05. The molecule has 7 rings (SSSR count). The van der Waals surface area contributed by atoms with E-state index >= 15 is 0 Å². The minimum Gasteiger partial charge on any atom is -0.123 e. The first-order valence-corrected chi connectivity index (χ1v) is 15.1. The lowest BCUT2D eigenvalue weighted by Crippen LogP contribution is -2.48. The summed E-state index contributed by atoms with van der Waals surface area (Å²) < 4.78 is 0. The molecule has 7 saturated carbocycles. The molecule has 0 aromatic carbocycles. The Morgan fingerprint density at radius 2 is 1.28 bits per heavy atom. The van der Waals surface area contributed by atoms with Crippen molar-refractivity contribution in [1.29, 1.82) is 0 Å². The summed E-state index contributed by atoms with van der Waals surface area (Å²) in [5.41, 5.74) is 1.86. The molecule has 0 saturated heterocycles. The molecule has 7 fully saturated rings. The lowest BCUT2D eigenvalue weighted by Gasteiger charge is -2.55. The van der Waals surface area contributed by atoms with E-state index in [0.717, 1.165) is 71.0 Å². The predicted octanol–water partition coefficient (Wildman–Crippen LogP) is 8.48. The number of allylic oxidation sites excluding steroid dienone is 3. The third-order valence-electron chi connectivity index (χ3n) is 12.5. The molecule has 0 aromatic rings. The Morgan fingerprint density at radius 1 is 0.594 bits per heavy atom. The fourth-order valence-corrected chi connectivity index (χ4v) is 12.5. The van der Waals surface area contributed by atoms with Gasteiger partial charge in [-0.3, -0.25) is 0 Å². The van der Waals surface area contributed by atoms with Gasteiger partial charge in [0.25, 0.3) is 0 Å². The Hall–Kier alpha value is 0.0600. The fourth-order valence-electron chi connectivity index (χ4n) is 11.8. The molecular formula is C30H42Cl2. The first-order chi connectivity index (χ1) is 15.6. The van der Waals surface area contributed by atoms with Gasteiger partial charge in [-0.1, -0.05) is 30.7 Å². The van der Waals surface area contributed by atoms with E-state index in [1.807, 2.05) is 5.57 Å². The van der Waals surface area contributed by atoms with Crippen molar-refractivity contribution < 1.29 is 0 Å². The Kier molecular flexibility index (Phi) is 5.37. The minimum absolute atomic E-state index is 0.443. The molecule has 0 aromatic heterocycles. The molecule has 14 unspecified atom stereocenters. The maximum Gasteiger partial charge on any atom is 0.0339 e. The van der Waals surface area contributed by atoms with Crippen molar-refractivity contribution in [2.75, 3.05) is 0 Å². The van der Waals surface area contributed by atoms with Gasteiger partial charge in [0.2, 0.25) is 0 Å². The van der Waals surface area contributed by atoms with Crippen molar-refractivity contribution in [3.63, 3.8) is 0 Å². The van der Waals surface area contributed by atoms with Gasteiger partial charge in [-0.15, -0.1) is 23.2 Å². The summed E-state index contributed by atoms with van der Waals surface area (Å²) in [5.74, 6) is 11.5. The number of alkyl halides is 2. The number of hydrogen-bond donors (Lipinski definition) is 0. The van der Waals surface area contributed by atoms with Crippen LogP contribution >= 0.6 is 23.2 Å². The maximum atomic E-state index is 6.75. The van der Waals surface area contributed by atoms with Crippen LogP contribution in [0.4, 0.5) is 0 Å². The first kappa shape index (κ1) is 21.4. The van der Waals surface area contributed by atoms with E-state index in [1.54, 1.807) is 6.42 Å². The predicted molar refractivity (Wildman–Crippen MR) is 135 cm³/mol. The molecule has 0 N–H and O–H groups in total. The summed E-state index contributed by atoms with van der Waals surface area (Å²) in [7, 11) is 0. The molecule has 0 bridgehead atoms. The highest BCUT2D eigenvalue weighted by Crippen LogP contribution is 2.70. The fraction of sp³-hybridized carbons (Fsp3) is 0.867. The van der Waals surface area contributed by atoms with Gasteiger partial charge < -0.3 is 0 Å². The van der Waals surface area contributed by atoms with Crippen LogP contribution in [0.2, 0.25) is 0 Å². The molecule has 176 valence electrons. The maximum absolute atomic E-state index is 6.75. The Morgan fingerprint density at radius 3 is 2.09 bits per heavy atom. The molecule has 0 spiro atoms. The average molecular weight is 474 g/mol. The van der Waals surface area contributed by atoms with Gasteiger partial charge in [0, 0.05) is 10.8 Å². The van der Waals surface area contributed by atoms with Gasteiger partial charge in [0.05, 0.1) is 0 Å². The second-order valence-electron chi connectivity index (χ2n) is 13.2. The molecule has 0 nitrogen and oxygen atoms in total. The highest BCUT2D eigenvalue weighted by molar-refractivity contribution is 6.20. The number of hydrogen-bond acceptors (Lipinski definition) is 0. The van der Waals surface area contributed by atoms with Gasteiger partial charge in [-0.05, 0) is 142 Å². The summed E-state index contributed by atoms with van der Waals surface area (Å²) in [5, 5.41) is 0.904. The molecule has 7 aliphatic carbocycles. The van der Waals surface area contributed by atoms with Crippen LogP contribution < -0.4 is 0 Å². The summed E-state index contributed by atoms with van der Waals surface area (Å²) in [4.78, 5) is 0. The molecule has 0 heterocycles. The van der Waals surface area contributed by atoms with Crippen LogP contribution in [-0.2, 0) is 0 Å². The van der Waals surface area contributed by atoms with Crippen molar-refractivity contribution in [2.45, 2.75) is 87.8 Å². The summed E-state index contributed by atoms with van der Waals surface area (Å²) in [6.45, 7) is 4.20. The van der Waals surface area contributed by atoms with E-state index in [4.69, 9.17) is 23.2 Å². The zero-order valence-corrected chi connectivity index (χ0v) is 21.2. The zero-order valence-electron chi connectivity index (χ0n) is 19.7. The minimum atomic E-state index is 0.443. The second-order valence-corrected chi connectivity index (χ2v) is 14.5. The SMILES string of the molecule is C=C/C=C1\C2CC3CC(Cl)CCC3C2CC2C1CC1C3CCC(Cl)CC3C3CCCC2C31. The van der Waals surface area contributed by atoms with E-state index in [9.17, 15) is 0 Å².